The zero-order valence-electron chi connectivity index (χ0n) is 6.62. The number of allylic oxidation sites excluding steroid dienone is 4. The molecular formula is C9H15Ni. The second-order valence-electron chi connectivity index (χ2n) is 1.57. The molecule has 0 nitrogen and oxygen atoms in total. The van der Waals surface area contributed by atoms with Gasteiger partial charge in [0.2, 0.25) is 0 Å². The van der Waals surface area contributed by atoms with E-state index >= 15 is 0 Å². The average molecular weight is 182 g/mol. The summed E-state index contributed by atoms with van der Waals surface area (Å²) in [5.74, 6) is 0. The first-order chi connectivity index (χ1) is 4.91. The Hall–Kier alpha value is -0.0265. The summed E-state index contributed by atoms with van der Waals surface area (Å²) >= 11 is 1.82. The molecule has 10 heavy (non-hydrogen) atoms. The van der Waals surface area contributed by atoms with Gasteiger partial charge in [0, 0.05) is 6.42 Å². The minimum Gasteiger partial charge on any atom is -0.0767 e. The number of hydrogen-bond donors (Lipinski definition) is 0. The normalized spacial score (nSPS) is 13.4. The van der Waals surface area contributed by atoms with Crippen LogP contribution in [0.3, 0.4) is 0 Å². The number of rotatable bonds is 2. The predicted octanol–water partition coefficient (Wildman–Crippen LogP) is 3.26. The zero-order chi connectivity index (χ0) is 7.66. The fourth-order valence-corrected chi connectivity index (χ4v) is 0.973. The molecule has 0 bridgehead atoms. The van der Waals surface area contributed by atoms with E-state index in [4.69, 9.17) is 0 Å². The molecule has 0 fully saturated rings. The maximum atomic E-state index is 2.18. The fourth-order valence-electron chi connectivity index (χ4n) is 0.479. The number of hydrogen-bond acceptors (Lipinski definition) is 0. The molecule has 0 aromatic carbocycles. The van der Waals surface area contributed by atoms with Crippen LogP contribution in [0, 0.1) is 6.42 Å². The van der Waals surface area contributed by atoms with E-state index in [1.807, 2.05) is 45.2 Å². The van der Waals surface area contributed by atoms with E-state index in [-0.39, 0.29) is 0 Å². The van der Waals surface area contributed by atoms with Crippen LogP contribution in [-0.2, 0) is 14.4 Å². The second-order valence-corrected chi connectivity index (χ2v) is 3.46. The van der Waals surface area contributed by atoms with Crippen LogP contribution >= 0.6 is 0 Å². The van der Waals surface area contributed by atoms with Crippen molar-refractivity contribution < 1.29 is 14.4 Å². The summed E-state index contributed by atoms with van der Waals surface area (Å²) in [6.07, 6.45) is 10.0. The smallest absolute Gasteiger partial charge is 0.00506 e. The third-order valence-electron chi connectivity index (χ3n) is 0.872. The Morgan fingerprint density at radius 3 is 1.50 bits per heavy atom. The van der Waals surface area contributed by atoms with Gasteiger partial charge in [0.1, 0.15) is 0 Å². The first-order valence-electron chi connectivity index (χ1n) is 3.53. The molecular weight excluding hydrogens is 167 g/mol. The third-order valence-corrected chi connectivity index (χ3v) is 1.86. The van der Waals surface area contributed by atoms with E-state index < -0.39 is 0 Å². The van der Waals surface area contributed by atoms with Crippen LogP contribution in [0.4, 0.5) is 0 Å². The molecule has 0 spiro atoms. The van der Waals surface area contributed by atoms with Gasteiger partial charge in [-0.3, -0.25) is 0 Å². The van der Waals surface area contributed by atoms with Crippen molar-refractivity contribution in [3.05, 3.63) is 30.7 Å². The zero-order valence-corrected chi connectivity index (χ0v) is 7.60. The Bertz CT molecular complexity index is 91.3. The second kappa shape index (κ2) is 8.97. The quantitative estimate of drug-likeness (QED) is 0.574. The molecule has 0 heterocycles. The van der Waals surface area contributed by atoms with Gasteiger partial charge < -0.3 is 0 Å². The molecule has 0 atom stereocenters. The van der Waals surface area contributed by atoms with Gasteiger partial charge in [-0.25, -0.2) is 0 Å². The first-order valence-corrected chi connectivity index (χ1v) is 4.92. The summed E-state index contributed by atoms with van der Waals surface area (Å²) in [6.45, 7) is 4.37. The van der Waals surface area contributed by atoms with Crippen LogP contribution in [-0.4, -0.2) is 0 Å². The maximum absolute atomic E-state index is 2.18. The Morgan fingerprint density at radius 1 is 0.900 bits per heavy atom. The molecule has 61 valence electrons. The Balaban J connectivity index is 0.000000162. The summed E-state index contributed by atoms with van der Waals surface area (Å²) in [4.78, 5) is 0. The van der Waals surface area contributed by atoms with E-state index in [1.54, 1.807) is 0 Å². The molecule has 1 radical (unpaired) electrons. The molecule has 1 rings (SSSR count). The van der Waals surface area contributed by atoms with Gasteiger partial charge in [-0.1, -0.05) is 24.3 Å². The molecule has 1 heteroatoms. The van der Waals surface area contributed by atoms with Crippen molar-refractivity contribution >= 4 is 0 Å². The molecule has 1 aliphatic carbocycles. The van der Waals surface area contributed by atoms with E-state index in [1.165, 1.54) is 10.8 Å². The van der Waals surface area contributed by atoms with Crippen LogP contribution in [0.2, 0.25) is 10.8 Å². The first kappa shape index (κ1) is 9.97. The minimum absolute atomic E-state index is 1.28. The van der Waals surface area contributed by atoms with Crippen LogP contribution in [0.5, 0.6) is 0 Å². The van der Waals surface area contributed by atoms with Crippen molar-refractivity contribution in [2.45, 2.75) is 24.6 Å². The van der Waals surface area contributed by atoms with E-state index in [9.17, 15) is 0 Å². The third kappa shape index (κ3) is 7.97. The van der Waals surface area contributed by atoms with Gasteiger partial charge in [0.05, 0.1) is 0 Å². The van der Waals surface area contributed by atoms with Gasteiger partial charge >= 0.3 is 39.1 Å². The van der Waals surface area contributed by atoms with E-state index in [2.05, 4.69) is 13.8 Å². The van der Waals surface area contributed by atoms with Gasteiger partial charge in [0.15, 0.2) is 0 Å². The molecule has 0 aromatic heterocycles. The molecule has 0 aliphatic heterocycles. The molecule has 0 unspecified atom stereocenters. The van der Waals surface area contributed by atoms with Gasteiger partial charge in [-0.2, -0.15) is 0 Å². The minimum atomic E-state index is 1.28. The summed E-state index contributed by atoms with van der Waals surface area (Å²) in [7, 11) is 0. The summed E-state index contributed by atoms with van der Waals surface area (Å²) < 4.78 is 0. The molecule has 1 aliphatic rings. The predicted molar refractivity (Wildman–Crippen MR) is 43.5 cm³/mol. The van der Waals surface area contributed by atoms with Crippen molar-refractivity contribution in [3.63, 3.8) is 0 Å². The van der Waals surface area contributed by atoms with Crippen molar-refractivity contribution in [2.75, 3.05) is 0 Å². The van der Waals surface area contributed by atoms with Crippen molar-refractivity contribution in [2.24, 2.45) is 0 Å². The van der Waals surface area contributed by atoms with Crippen LogP contribution in [0.15, 0.2) is 24.3 Å². The van der Waals surface area contributed by atoms with E-state index in [0.717, 1.165) is 0 Å². The van der Waals surface area contributed by atoms with Gasteiger partial charge in [-0.15, -0.1) is 0 Å². The van der Waals surface area contributed by atoms with Crippen LogP contribution in [0.1, 0.15) is 13.8 Å². The van der Waals surface area contributed by atoms with Crippen molar-refractivity contribution in [3.8, 4) is 0 Å². The van der Waals surface area contributed by atoms with Crippen molar-refractivity contribution in [1.29, 1.82) is 0 Å². The maximum Gasteiger partial charge on any atom is 0.00506 e. The topological polar surface area (TPSA) is 0 Å². The summed E-state index contributed by atoms with van der Waals surface area (Å²) in [6, 6.07) is 0. The van der Waals surface area contributed by atoms with Crippen LogP contribution < -0.4 is 0 Å². The van der Waals surface area contributed by atoms with Gasteiger partial charge in [0.25, 0.3) is 0 Å². The monoisotopic (exact) mass is 181 g/mol. The Labute approximate surface area is 70.2 Å². The molecule has 0 aromatic rings. The summed E-state index contributed by atoms with van der Waals surface area (Å²) in [5.41, 5.74) is 0. The van der Waals surface area contributed by atoms with Crippen molar-refractivity contribution in [1.82, 2.24) is 0 Å². The average Bonchev–Trinajstić information content (AvgIpc) is 2.44. The molecule has 0 saturated heterocycles. The molecule has 0 amide bonds. The van der Waals surface area contributed by atoms with Gasteiger partial charge in [-0.05, 0) is 0 Å². The van der Waals surface area contributed by atoms with E-state index in [0.29, 0.717) is 0 Å². The fraction of sp³-hybridized carbons (Fsp3) is 0.444. The Morgan fingerprint density at radius 2 is 1.40 bits per heavy atom. The Kier molecular flexibility index (Phi) is 8.95. The molecule has 0 N–H and O–H groups in total. The SMILES string of the molecule is C[CH2][Ni][CH2]C.[CH]1C=CC=C1. The summed E-state index contributed by atoms with van der Waals surface area (Å²) in [5, 5.41) is 2.56. The molecule has 0 saturated carbocycles. The largest absolute Gasteiger partial charge is 0.0767 e. The van der Waals surface area contributed by atoms with Crippen LogP contribution in [0.25, 0.3) is 0 Å². The standard InChI is InChI=1S/C5H5.2C2H5.Ni/c1-2-4-5-3-1;2*1-2;/h1-5H;2*1H2,2H3;.